The van der Waals surface area contributed by atoms with Crippen LogP contribution in [0.15, 0.2) is 17.4 Å². The maximum atomic E-state index is 10.4. The second-order valence-electron chi connectivity index (χ2n) is 3.75. The standard InChI is InChI=1S/C12H16N4O2S2/c1-3-4-13-11(7-16(17)18)14-5-6-19-9-12-15-10(2)8-20-12/h1,7-8,13-14H,4-6,9H2,2H3. The van der Waals surface area contributed by atoms with Gasteiger partial charge in [-0.3, -0.25) is 10.1 Å². The van der Waals surface area contributed by atoms with Crippen molar-refractivity contribution in [2.24, 2.45) is 0 Å². The van der Waals surface area contributed by atoms with E-state index in [1.165, 1.54) is 0 Å². The molecule has 8 heteroatoms. The third-order valence-corrected chi connectivity index (χ3v) is 4.19. The minimum Gasteiger partial charge on any atom is -0.366 e. The van der Waals surface area contributed by atoms with Gasteiger partial charge in [-0.15, -0.1) is 17.8 Å². The number of thiazole rings is 1. The van der Waals surface area contributed by atoms with E-state index in [-0.39, 0.29) is 6.54 Å². The van der Waals surface area contributed by atoms with Gasteiger partial charge in [0, 0.05) is 29.1 Å². The first kappa shape index (κ1) is 16.3. The van der Waals surface area contributed by atoms with E-state index in [4.69, 9.17) is 6.42 Å². The minimum absolute atomic E-state index is 0.248. The third kappa shape index (κ3) is 7.01. The molecular weight excluding hydrogens is 296 g/mol. The van der Waals surface area contributed by atoms with E-state index in [0.717, 1.165) is 28.4 Å². The molecule has 1 aromatic rings. The maximum Gasteiger partial charge on any atom is 0.274 e. The Bertz CT molecular complexity index is 508. The lowest BCUT2D eigenvalue weighted by Gasteiger charge is -2.08. The summed E-state index contributed by atoms with van der Waals surface area (Å²) in [6.07, 6.45) is 5.98. The molecule has 0 saturated heterocycles. The highest BCUT2D eigenvalue weighted by molar-refractivity contribution is 7.98. The summed E-state index contributed by atoms with van der Waals surface area (Å²) in [7, 11) is 0. The van der Waals surface area contributed by atoms with Crippen LogP contribution in [0, 0.1) is 29.4 Å². The van der Waals surface area contributed by atoms with Crippen LogP contribution < -0.4 is 10.6 Å². The molecule has 0 aromatic carbocycles. The molecule has 0 aliphatic carbocycles. The summed E-state index contributed by atoms with van der Waals surface area (Å²) in [4.78, 5) is 14.3. The van der Waals surface area contributed by atoms with E-state index >= 15 is 0 Å². The Balaban J connectivity index is 2.23. The van der Waals surface area contributed by atoms with Crippen molar-refractivity contribution in [3.05, 3.63) is 38.2 Å². The lowest BCUT2D eigenvalue weighted by molar-refractivity contribution is -0.404. The fourth-order valence-electron chi connectivity index (χ4n) is 1.29. The SMILES string of the molecule is C#CCNC(=C[N+](=O)[O-])NCCSCc1nc(C)cs1. The van der Waals surface area contributed by atoms with E-state index in [2.05, 4.69) is 21.5 Å². The highest BCUT2D eigenvalue weighted by Gasteiger charge is 2.02. The molecule has 0 saturated carbocycles. The van der Waals surface area contributed by atoms with Crippen LogP contribution in [0.2, 0.25) is 0 Å². The van der Waals surface area contributed by atoms with Crippen LogP contribution in [0.1, 0.15) is 10.7 Å². The van der Waals surface area contributed by atoms with Gasteiger partial charge in [0.15, 0.2) is 5.82 Å². The number of hydrogen-bond donors (Lipinski definition) is 2. The number of thioether (sulfide) groups is 1. The van der Waals surface area contributed by atoms with Crippen LogP contribution in [-0.2, 0) is 5.75 Å². The van der Waals surface area contributed by atoms with Crippen LogP contribution in [-0.4, -0.2) is 28.7 Å². The van der Waals surface area contributed by atoms with Crippen molar-refractivity contribution in [1.82, 2.24) is 15.6 Å². The maximum absolute atomic E-state index is 10.4. The lowest BCUT2D eigenvalue weighted by atomic mass is 10.6. The fraction of sp³-hybridized carbons (Fsp3) is 0.417. The second-order valence-corrected chi connectivity index (χ2v) is 5.80. The Morgan fingerprint density at radius 3 is 3.10 bits per heavy atom. The van der Waals surface area contributed by atoms with Crippen LogP contribution >= 0.6 is 23.1 Å². The number of nitro groups is 1. The van der Waals surface area contributed by atoms with E-state index in [1.807, 2.05) is 12.3 Å². The number of nitrogens with zero attached hydrogens (tertiary/aromatic N) is 2. The molecule has 0 spiro atoms. The monoisotopic (exact) mass is 312 g/mol. The summed E-state index contributed by atoms with van der Waals surface area (Å²) in [5, 5.41) is 19.3. The highest BCUT2D eigenvalue weighted by Crippen LogP contribution is 2.15. The molecule has 1 rings (SSSR count). The predicted octanol–water partition coefficient (Wildman–Crippen LogP) is 1.57. The number of terminal acetylenes is 1. The van der Waals surface area contributed by atoms with E-state index in [0.29, 0.717) is 12.4 Å². The molecule has 0 radical (unpaired) electrons. The third-order valence-electron chi connectivity index (χ3n) is 2.07. The van der Waals surface area contributed by atoms with Gasteiger partial charge in [0.25, 0.3) is 6.20 Å². The molecule has 0 aliphatic heterocycles. The first-order valence-electron chi connectivity index (χ1n) is 5.87. The Morgan fingerprint density at radius 1 is 1.70 bits per heavy atom. The van der Waals surface area contributed by atoms with Crippen molar-refractivity contribution in [2.45, 2.75) is 12.7 Å². The van der Waals surface area contributed by atoms with Crippen molar-refractivity contribution >= 4 is 23.1 Å². The molecule has 0 amide bonds. The highest BCUT2D eigenvalue weighted by atomic mass is 32.2. The molecule has 0 atom stereocenters. The average Bonchev–Trinajstić information content (AvgIpc) is 2.80. The van der Waals surface area contributed by atoms with Crippen LogP contribution in [0.3, 0.4) is 0 Å². The summed E-state index contributed by atoms with van der Waals surface area (Å²) >= 11 is 3.37. The van der Waals surface area contributed by atoms with Gasteiger partial charge in [0.05, 0.1) is 11.5 Å². The second kappa shape index (κ2) is 9.23. The van der Waals surface area contributed by atoms with E-state index in [1.54, 1.807) is 23.1 Å². The van der Waals surface area contributed by atoms with Crippen molar-refractivity contribution in [3.8, 4) is 12.3 Å². The lowest BCUT2D eigenvalue weighted by Crippen LogP contribution is -2.29. The molecule has 1 aromatic heterocycles. The van der Waals surface area contributed by atoms with Crippen molar-refractivity contribution < 1.29 is 4.92 Å². The molecule has 0 bridgehead atoms. The van der Waals surface area contributed by atoms with Crippen molar-refractivity contribution in [1.29, 1.82) is 0 Å². The van der Waals surface area contributed by atoms with Gasteiger partial charge < -0.3 is 10.6 Å². The topological polar surface area (TPSA) is 80.1 Å². The number of rotatable bonds is 9. The summed E-state index contributed by atoms with van der Waals surface area (Å²) in [5.74, 6) is 4.38. The summed E-state index contributed by atoms with van der Waals surface area (Å²) in [5.41, 5.74) is 1.04. The van der Waals surface area contributed by atoms with Gasteiger partial charge >= 0.3 is 0 Å². The Labute approximate surface area is 126 Å². The molecule has 2 N–H and O–H groups in total. The van der Waals surface area contributed by atoms with Crippen molar-refractivity contribution in [2.75, 3.05) is 18.8 Å². The van der Waals surface area contributed by atoms with Crippen molar-refractivity contribution in [3.63, 3.8) is 0 Å². The largest absolute Gasteiger partial charge is 0.366 e. The van der Waals surface area contributed by atoms with E-state index in [9.17, 15) is 10.1 Å². The van der Waals surface area contributed by atoms with Crippen LogP contribution in [0.25, 0.3) is 0 Å². The number of aryl methyl sites for hydroxylation is 1. The zero-order valence-corrected chi connectivity index (χ0v) is 12.7. The summed E-state index contributed by atoms with van der Waals surface area (Å²) in [6, 6.07) is 0. The zero-order valence-electron chi connectivity index (χ0n) is 11.1. The normalized spacial score (nSPS) is 10.9. The van der Waals surface area contributed by atoms with Crippen LogP contribution in [0.5, 0.6) is 0 Å². The number of aromatic nitrogens is 1. The molecule has 20 heavy (non-hydrogen) atoms. The summed E-state index contributed by atoms with van der Waals surface area (Å²) in [6.45, 7) is 2.84. The first-order chi connectivity index (χ1) is 9.61. The number of hydrogen-bond acceptors (Lipinski definition) is 7. The smallest absolute Gasteiger partial charge is 0.274 e. The average molecular weight is 312 g/mol. The van der Waals surface area contributed by atoms with Gasteiger partial charge in [0.1, 0.15) is 5.01 Å². The van der Waals surface area contributed by atoms with Crippen LogP contribution in [0.4, 0.5) is 0 Å². The van der Waals surface area contributed by atoms with Gasteiger partial charge in [-0.2, -0.15) is 11.8 Å². The molecular formula is C12H16N4O2S2. The minimum atomic E-state index is -0.517. The first-order valence-corrected chi connectivity index (χ1v) is 7.90. The quantitative estimate of drug-likeness (QED) is 0.312. The Hall–Kier alpha value is -1.72. The molecule has 108 valence electrons. The van der Waals surface area contributed by atoms with E-state index < -0.39 is 4.92 Å². The predicted molar refractivity (Wildman–Crippen MR) is 82.9 cm³/mol. The zero-order chi connectivity index (χ0) is 14.8. The van der Waals surface area contributed by atoms with Gasteiger partial charge in [-0.25, -0.2) is 4.98 Å². The molecule has 0 unspecified atom stereocenters. The fourth-order valence-corrected chi connectivity index (χ4v) is 3.00. The van der Waals surface area contributed by atoms with Gasteiger partial charge in [-0.05, 0) is 6.92 Å². The molecule has 6 nitrogen and oxygen atoms in total. The Morgan fingerprint density at radius 2 is 2.50 bits per heavy atom. The molecule has 0 fully saturated rings. The van der Waals surface area contributed by atoms with Gasteiger partial charge in [0.2, 0.25) is 0 Å². The van der Waals surface area contributed by atoms with Gasteiger partial charge in [-0.1, -0.05) is 5.92 Å². The molecule has 0 aliphatic rings. The molecule has 1 heterocycles. The summed E-state index contributed by atoms with van der Waals surface area (Å²) < 4.78 is 0. The number of nitrogens with one attached hydrogen (secondary N) is 2. The Kier molecular flexibility index (Phi) is 7.54.